The molecule has 15 heavy (non-hydrogen) atoms. The van der Waals surface area contributed by atoms with Gasteiger partial charge in [0.1, 0.15) is 0 Å². The molecule has 0 atom stereocenters. The second kappa shape index (κ2) is 4.33. The van der Waals surface area contributed by atoms with Crippen LogP contribution in [0, 0.1) is 0 Å². The molecular weight excluding hydrogens is 184 g/mol. The summed E-state index contributed by atoms with van der Waals surface area (Å²) in [4.78, 5) is 2.55. The first-order valence-electron chi connectivity index (χ1n) is 5.74. The van der Waals surface area contributed by atoms with Crippen molar-refractivity contribution in [1.82, 2.24) is 4.90 Å². The van der Waals surface area contributed by atoms with Crippen LogP contribution in [-0.4, -0.2) is 49.7 Å². The molecule has 1 fully saturated rings. The fourth-order valence-corrected chi connectivity index (χ4v) is 2.05. The summed E-state index contributed by atoms with van der Waals surface area (Å²) in [6, 6.07) is 10.8. The molecular formula is C13H21N2+. The average Bonchev–Trinajstić information content (AvgIpc) is 2.23. The standard InChI is InChI=1S/C13H21N2/c1-15(2)10-8-14(9-11-15)12-13-6-4-3-5-7-13/h3-7H,8-12H2,1-2H3/q+1. The highest BCUT2D eigenvalue weighted by Crippen LogP contribution is 2.10. The third kappa shape index (κ3) is 3.05. The third-order valence-electron chi connectivity index (χ3n) is 3.29. The lowest BCUT2D eigenvalue weighted by atomic mass is 10.2. The lowest BCUT2D eigenvalue weighted by Crippen LogP contribution is -2.54. The predicted molar refractivity (Wildman–Crippen MR) is 63.6 cm³/mol. The van der Waals surface area contributed by atoms with Crippen LogP contribution in [0.25, 0.3) is 0 Å². The van der Waals surface area contributed by atoms with Crippen molar-refractivity contribution in [3.05, 3.63) is 35.9 Å². The van der Waals surface area contributed by atoms with Crippen LogP contribution in [-0.2, 0) is 6.54 Å². The van der Waals surface area contributed by atoms with Crippen molar-refractivity contribution < 1.29 is 4.48 Å². The Kier molecular flexibility index (Phi) is 3.08. The largest absolute Gasteiger partial charge is 0.326 e. The van der Waals surface area contributed by atoms with Crippen molar-refractivity contribution in [2.45, 2.75) is 6.54 Å². The van der Waals surface area contributed by atoms with Gasteiger partial charge >= 0.3 is 0 Å². The van der Waals surface area contributed by atoms with Gasteiger partial charge in [0.2, 0.25) is 0 Å². The van der Waals surface area contributed by atoms with Crippen LogP contribution in [0.4, 0.5) is 0 Å². The fraction of sp³-hybridized carbons (Fsp3) is 0.538. The quantitative estimate of drug-likeness (QED) is 0.663. The first-order valence-corrected chi connectivity index (χ1v) is 5.74. The van der Waals surface area contributed by atoms with Gasteiger partial charge in [-0.25, -0.2) is 0 Å². The molecule has 0 radical (unpaired) electrons. The fourth-order valence-electron chi connectivity index (χ4n) is 2.05. The molecule has 82 valence electrons. The van der Waals surface area contributed by atoms with Gasteiger partial charge in [-0.2, -0.15) is 0 Å². The summed E-state index contributed by atoms with van der Waals surface area (Å²) in [5.41, 5.74) is 1.43. The molecule has 1 aliphatic rings. The molecule has 2 rings (SSSR count). The minimum Gasteiger partial charge on any atom is -0.326 e. The maximum absolute atomic E-state index is 2.55. The lowest BCUT2D eigenvalue weighted by Gasteiger charge is -2.39. The Balaban J connectivity index is 1.88. The van der Waals surface area contributed by atoms with Crippen molar-refractivity contribution in [3.8, 4) is 0 Å². The van der Waals surface area contributed by atoms with Gasteiger partial charge in [0.05, 0.1) is 27.2 Å². The predicted octanol–water partition coefficient (Wildman–Crippen LogP) is 1.58. The monoisotopic (exact) mass is 205 g/mol. The minimum atomic E-state index is 1.11. The topological polar surface area (TPSA) is 3.24 Å². The zero-order valence-corrected chi connectivity index (χ0v) is 9.82. The summed E-state index contributed by atoms with van der Waals surface area (Å²) >= 11 is 0. The number of rotatable bonds is 2. The number of likely N-dealkylation sites (N-methyl/N-ethyl adjacent to an activating group) is 1. The molecule has 0 spiro atoms. The SMILES string of the molecule is C[N+]1(C)CCN(Cc2ccccc2)CC1. The Morgan fingerprint density at radius 1 is 1.07 bits per heavy atom. The van der Waals surface area contributed by atoms with Crippen molar-refractivity contribution >= 4 is 0 Å². The van der Waals surface area contributed by atoms with E-state index in [0.29, 0.717) is 0 Å². The van der Waals surface area contributed by atoms with Crippen LogP contribution < -0.4 is 0 Å². The van der Waals surface area contributed by atoms with Gasteiger partial charge in [0.25, 0.3) is 0 Å². The average molecular weight is 205 g/mol. The Morgan fingerprint density at radius 2 is 1.67 bits per heavy atom. The molecule has 0 saturated carbocycles. The highest BCUT2D eigenvalue weighted by molar-refractivity contribution is 5.14. The third-order valence-corrected chi connectivity index (χ3v) is 3.29. The number of nitrogens with zero attached hydrogens (tertiary/aromatic N) is 2. The molecule has 2 heteroatoms. The summed E-state index contributed by atoms with van der Waals surface area (Å²) in [6.07, 6.45) is 0. The van der Waals surface area contributed by atoms with Crippen LogP contribution in [0.15, 0.2) is 30.3 Å². The molecule has 0 amide bonds. The molecule has 1 aromatic rings. The molecule has 0 aromatic heterocycles. The molecule has 1 aliphatic heterocycles. The van der Waals surface area contributed by atoms with Gasteiger partial charge in [0, 0.05) is 19.6 Å². The van der Waals surface area contributed by atoms with Crippen molar-refractivity contribution in [3.63, 3.8) is 0 Å². The number of quaternary nitrogens is 1. The van der Waals surface area contributed by atoms with E-state index in [4.69, 9.17) is 0 Å². The molecule has 1 saturated heterocycles. The Labute approximate surface area is 92.7 Å². The Morgan fingerprint density at radius 3 is 2.27 bits per heavy atom. The van der Waals surface area contributed by atoms with E-state index < -0.39 is 0 Å². The van der Waals surface area contributed by atoms with Gasteiger partial charge in [-0.3, -0.25) is 4.90 Å². The maximum Gasteiger partial charge on any atom is 0.0912 e. The molecule has 0 bridgehead atoms. The zero-order valence-electron chi connectivity index (χ0n) is 9.82. The summed E-state index contributed by atoms with van der Waals surface area (Å²) in [6.45, 7) is 6.10. The Hall–Kier alpha value is -0.860. The first kappa shape index (κ1) is 10.7. The number of piperazine rings is 1. The number of hydrogen-bond acceptors (Lipinski definition) is 1. The van der Waals surface area contributed by atoms with Gasteiger partial charge in [-0.05, 0) is 5.56 Å². The van der Waals surface area contributed by atoms with E-state index in [0.717, 1.165) is 6.54 Å². The van der Waals surface area contributed by atoms with Gasteiger partial charge in [-0.15, -0.1) is 0 Å². The van der Waals surface area contributed by atoms with Crippen LogP contribution >= 0.6 is 0 Å². The van der Waals surface area contributed by atoms with E-state index in [1.165, 1.54) is 36.2 Å². The summed E-state index contributed by atoms with van der Waals surface area (Å²) in [5.74, 6) is 0. The highest BCUT2D eigenvalue weighted by atomic mass is 15.4. The van der Waals surface area contributed by atoms with E-state index in [2.05, 4.69) is 49.3 Å². The highest BCUT2D eigenvalue weighted by Gasteiger charge is 2.23. The zero-order chi connectivity index (χ0) is 10.7. The smallest absolute Gasteiger partial charge is 0.0912 e. The van der Waals surface area contributed by atoms with E-state index in [-0.39, 0.29) is 0 Å². The second-order valence-corrected chi connectivity index (χ2v) is 5.14. The van der Waals surface area contributed by atoms with E-state index in [9.17, 15) is 0 Å². The summed E-state index contributed by atoms with van der Waals surface area (Å²) < 4.78 is 1.17. The van der Waals surface area contributed by atoms with Crippen LogP contribution in [0.1, 0.15) is 5.56 Å². The maximum atomic E-state index is 2.55. The normalized spacial score (nSPS) is 21.5. The molecule has 1 aromatic carbocycles. The first-order chi connectivity index (χ1) is 7.16. The molecule has 0 unspecified atom stereocenters. The van der Waals surface area contributed by atoms with Crippen molar-refractivity contribution in [2.75, 3.05) is 40.3 Å². The lowest BCUT2D eigenvalue weighted by molar-refractivity contribution is -0.894. The number of benzene rings is 1. The molecule has 2 nitrogen and oxygen atoms in total. The molecule has 1 heterocycles. The van der Waals surface area contributed by atoms with E-state index in [1.807, 2.05) is 0 Å². The molecule has 0 N–H and O–H groups in total. The molecule has 0 aliphatic carbocycles. The van der Waals surface area contributed by atoms with E-state index >= 15 is 0 Å². The number of hydrogen-bond donors (Lipinski definition) is 0. The van der Waals surface area contributed by atoms with Crippen molar-refractivity contribution in [2.24, 2.45) is 0 Å². The van der Waals surface area contributed by atoms with Gasteiger partial charge in [-0.1, -0.05) is 30.3 Å². The van der Waals surface area contributed by atoms with Crippen LogP contribution in [0.5, 0.6) is 0 Å². The summed E-state index contributed by atoms with van der Waals surface area (Å²) in [5, 5.41) is 0. The van der Waals surface area contributed by atoms with Gasteiger partial charge in [0.15, 0.2) is 0 Å². The van der Waals surface area contributed by atoms with Crippen LogP contribution in [0.3, 0.4) is 0 Å². The van der Waals surface area contributed by atoms with Crippen LogP contribution in [0.2, 0.25) is 0 Å². The Bertz CT molecular complexity index is 296. The minimum absolute atomic E-state index is 1.11. The summed E-state index contributed by atoms with van der Waals surface area (Å²) in [7, 11) is 4.64. The van der Waals surface area contributed by atoms with Crippen molar-refractivity contribution in [1.29, 1.82) is 0 Å². The second-order valence-electron chi connectivity index (χ2n) is 5.14. The van der Waals surface area contributed by atoms with Gasteiger partial charge < -0.3 is 4.48 Å². The van der Waals surface area contributed by atoms with E-state index in [1.54, 1.807) is 0 Å².